The summed E-state index contributed by atoms with van der Waals surface area (Å²) in [5.41, 5.74) is 2.42. The summed E-state index contributed by atoms with van der Waals surface area (Å²) in [7, 11) is 0. The number of carboxylic acids is 1. The van der Waals surface area contributed by atoms with Crippen molar-refractivity contribution in [2.45, 2.75) is 32.7 Å². The van der Waals surface area contributed by atoms with Crippen LogP contribution in [0.3, 0.4) is 0 Å². The van der Waals surface area contributed by atoms with Gasteiger partial charge in [0.25, 0.3) is 5.91 Å². The monoisotopic (exact) mass is 325 g/mol. The maximum absolute atomic E-state index is 12.5. The summed E-state index contributed by atoms with van der Waals surface area (Å²) in [6, 6.07) is 3.03. The van der Waals surface area contributed by atoms with Crippen LogP contribution in [-0.4, -0.2) is 34.5 Å². The van der Waals surface area contributed by atoms with Gasteiger partial charge in [0.05, 0.1) is 0 Å². The summed E-state index contributed by atoms with van der Waals surface area (Å²) >= 11 is 3.43. The summed E-state index contributed by atoms with van der Waals surface area (Å²) < 4.78 is 0.956. The number of hydrogen-bond donors (Lipinski definition) is 1. The largest absolute Gasteiger partial charge is 0.480 e. The molecule has 1 aliphatic heterocycles. The number of hydrogen-bond acceptors (Lipinski definition) is 2. The van der Waals surface area contributed by atoms with Gasteiger partial charge in [0, 0.05) is 16.6 Å². The van der Waals surface area contributed by atoms with E-state index in [1.54, 1.807) is 0 Å². The average Bonchev–Trinajstić information content (AvgIpc) is 2.82. The van der Waals surface area contributed by atoms with Gasteiger partial charge in [-0.05, 0) is 49.9 Å². The van der Waals surface area contributed by atoms with Crippen LogP contribution in [0, 0.1) is 13.8 Å². The number of likely N-dealkylation sites (tertiary alicyclic amines) is 1. The predicted molar refractivity (Wildman–Crippen MR) is 75.3 cm³/mol. The molecule has 1 N–H and O–H groups in total. The predicted octanol–water partition coefficient (Wildman–Crippen LogP) is 2.76. The van der Waals surface area contributed by atoms with Crippen molar-refractivity contribution >= 4 is 27.8 Å². The fourth-order valence-electron chi connectivity index (χ4n) is 2.43. The van der Waals surface area contributed by atoms with E-state index in [2.05, 4.69) is 15.9 Å². The lowest BCUT2D eigenvalue weighted by Gasteiger charge is -2.22. The standard InChI is InChI=1S/C14H16BrNO3/c1-8-7-11(15)9(2)6-10(8)13(17)16-5-3-4-12(16)14(18)19/h6-7,12H,3-5H2,1-2H3,(H,18,19). The number of carbonyl (C=O) groups excluding carboxylic acids is 1. The van der Waals surface area contributed by atoms with E-state index >= 15 is 0 Å². The molecule has 1 fully saturated rings. The molecule has 1 unspecified atom stereocenters. The van der Waals surface area contributed by atoms with Gasteiger partial charge < -0.3 is 10.0 Å². The first-order valence-corrected chi connectivity index (χ1v) is 7.01. The van der Waals surface area contributed by atoms with Gasteiger partial charge in [-0.3, -0.25) is 4.79 Å². The van der Waals surface area contributed by atoms with Crippen molar-refractivity contribution in [1.82, 2.24) is 4.90 Å². The van der Waals surface area contributed by atoms with E-state index in [9.17, 15) is 9.59 Å². The van der Waals surface area contributed by atoms with Crippen molar-refractivity contribution in [3.8, 4) is 0 Å². The van der Waals surface area contributed by atoms with Crippen LogP contribution < -0.4 is 0 Å². The Kier molecular flexibility index (Phi) is 3.94. The van der Waals surface area contributed by atoms with E-state index in [4.69, 9.17) is 5.11 Å². The van der Waals surface area contributed by atoms with Crippen LogP contribution in [0.25, 0.3) is 0 Å². The SMILES string of the molecule is Cc1cc(C(=O)N2CCCC2C(=O)O)c(C)cc1Br. The molecule has 0 spiro atoms. The van der Waals surface area contributed by atoms with E-state index in [0.29, 0.717) is 18.5 Å². The zero-order valence-corrected chi connectivity index (χ0v) is 12.5. The molecule has 102 valence electrons. The highest BCUT2D eigenvalue weighted by Crippen LogP contribution is 2.25. The Morgan fingerprint density at radius 1 is 1.32 bits per heavy atom. The number of halogens is 1. The van der Waals surface area contributed by atoms with Gasteiger partial charge in [0.2, 0.25) is 0 Å². The highest BCUT2D eigenvalue weighted by molar-refractivity contribution is 9.10. The summed E-state index contributed by atoms with van der Waals surface area (Å²) in [5, 5.41) is 9.15. The minimum atomic E-state index is -0.919. The Balaban J connectivity index is 2.34. The van der Waals surface area contributed by atoms with Crippen molar-refractivity contribution in [3.63, 3.8) is 0 Å². The van der Waals surface area contributed by atoms with Gasteiger partial charge in [0.15, 0.2) is 0 Å². The Bertz CT molecular complexity index is 542. The van der Waals surface area contributed by atoms with Gasteiger partial charge in [-0.2, -0.15) is 0 Å². The lowest BCUT2D eigenvalue weighted by molar-refractivity contribution is -0.141. The summed E-state index contributed by atoms with van der Waals surface area (Å²) in [6.07, 6.45) is 1.28. The molecule has 1 amide bonds. The molecule has 1 saturated heterocycles. The zero-order valence-electron chi connectivity index (χ0n) is 10.9. The highest BCUT2D eigenvalue weighted by atomic mass is 79.9. The van der Waals surface area contributed by atoms with Crippen LogP contribution in [0.15, 0.2) is 16.6 Å². The molecule has 0 radical (unpaired) electrons. The van der Waals surface area contributed by atoms with Crippen LogP contribution >= 0.6 is 15.9 Å². The van der Waals surface area contributed by atoms with E-state index in [1.807, 2.05) is 26.0 Å². The topological polar surface area (TPSA) is 57.6 Å². The molecule has 1 atom stereocenters. The van der Waals surface area contributed by atoms with E-state index in [-0.39, 0.29) is 5.91 Å². The van der Waals surface area contributed by atoms with Crippen molar-refractivity contribution < 1.29 is 14.7 Å². The fourth-order valence-corrected chi connectivity index (χ4v) is 2.89. The van der Waals surface area contributed by atoms with Gasteiger partial charge >= 0.3 is 5.97 Å². The average molecular weight is 326 g/mol. The van der Waals surface area contributed by atoms with Gasteiger partial charge in [-0.1, -0.05) is 15.9 Å². The molecule has 2 rings (SSSR count). The molecule has 4 nitrogen and oxygen atoms in total. The number of nitrogens with zero attached hydrogens (tertiary/aromatic N) is 1. The molecule has 1 heterocycles. The van der Waals surface area contributed by atoms with E-state index < -0.39 is 12.0 Å². The second-order valence-electron chi connectivity index (χ2n) is 4.91. The molecule has 1 aromatic rings. The minimum Gasteiger partial charge on any atom is -0.480 e. The Morgan fingerprint density at radius 3 is 2.63 bits per heavy atom. The van der Waals surface area contributed by atoms with Gasteiger partial charge in [-0.25, -0.2) is 4.79 Å². The molecular formula is C14H16BrNO3. The number of benzene rings is 1. The summed E-state index contributed by atoms with van der Waals surface area (Å²) in [6.45, 7) is 4.30. The van der Waals surface area contributed by atoms with Crippen LogP contribution in [0.1, 0.15) is 34.3 Å². The van der Waals surface area contributed by atoms with E-state index in [1.165, 1.54) is 4.90 Å². The lowest BCUT2D eigenvalue weighted by atomic mass is 10.0. The van der Waals surface area contributed by atoms with Crippen LogP contribution in [0.2, 0.25) is 0 Å². The van der Waals surface area contributed by atoms with Crippen LogP contribution in [0.4, 0.5) is 0 Å². The normalized spacial score (nSPS) is 18.7. The first kappa shape index (κ1) is 14.1. The van der Waals surface area contributed by atoms with Crippen molar-refractivity contribution in [1.29, 1.82) is 0 Å². The highest BCUT2D eigenvalue weighted by Gasteiger charge is 2.34. The van der Waals surface area contributed by atoms with Crippen LogP contribution in [-0.2, 0) is 4.79 Å². The molecule has 1 aromatic carbocycles. The molecule has 0 aliphatic carbocycles. The first-order chi connectivity index (χ1) is 8.91. The Labute approximate surface area is 120 Å². The second-order valence-corrected chi connectivity index (χ2v) is 5.77. The number of rotatable bonds is 2. The number of aryl methyl sites for hydroxylation is 2. The van der Waals surface area contributed by atoms with Crippen molar-refractivity contribution in [2.24, 2.45) is 0 Å². The first-order valence-electron chi connectivity index (χ1n) is 6.22. The van der Waals surface area contributed by atoms with Gasteiger partial charge in [-0.15, -0.1) is 0 Å². The molecular weight excluding hydrogens is 310 g/mol. The molecule has 19 heavy (non-hydrogen) atoms. The Morgan fingerprint density at radius 2 is 2.00 bits per heavy atom. The third kappa shape index (κ3) is 2.66. The molecule has 0 aromatic heterocycles. The molecule has 0 saturated carbocycles. The second kappa shape index (κ2) is 5.33. The third-order valence-corrected chi connectivity index (χ3v) is 4.39. The lowest BCUT2D eigenvalue weighted by Crippen LogP contribution is -2.40. The maximum atomic E-state index is 12.5. The van der Waals surface area contributed by atoms with E-state index in [0.717, 1.165) is 22.0 Å². The number of carboxylic acid groups (broad SMARTS) is 1. The summed E-state index contributed by atoms with van der Waals surface area (Å²) in [4.78, 5) is 25.1. The maximum Gasteiger partial charge on any atom is 0.326 e. The van der Waals surface area contributed by atoms with Gasteiger partial charge in [0.1, 0.15) is 6.04 Å². The minimum absolute atomic E-state index is 0.182. The molecule has 1 aliphatic rings. The number of aliphatic carboxylic acids is 1. The third-order valence-electron chi connectivity index (χ3n) is 3.53. The van der Waals surface area contributed by atoms with Crippen molar-refractivity contribution in [2.75, 3.05) is 6.54 Å². The zero-order chi connectivity index (χ0) is 14.2. The summed E-state index contributed by atoms with van der Waals surface area (Å²) in [5.74, 6) is -1.10. The number of carbonyl (C=O) groups is 2. The Hall–Kier alpha value is -1.36. The molecule has 5 heteroatoms. The smallest absolute Gasteiger partial charge is 0.326 e. The quantitative estimate of drug-likeness (QED) is 0.909. The molecule has 0 bridgehead atoms. The number of amides is 1. The van der Waals surface area contributed by atoms with Crippen LogP contribution in [0.5, 0.6) is 0 Å². The fraction of sp³-hybridized carbons (Fsp3) is 0.429. The van der Waals surface area contributed by atoms with Crippen molar-refractivity contribution in [3.05, 3.63) is 33.3 Å².